The van der Waals surface area contributed by atoms with Gasteiger partial charge in [-0.3, -0.25) is 4.98 Å². The molecule has 0 aliphatic heterocycles. The first kappa shape index (κ1) is 11.7. The highest BCUT2D eigenvalue weighted by Gasteiger charge is 2.35. The lowest BCUT2D eigenvalue weighted by molar-refractivity contribution is -0.141. The molecule has 5 heteroatoms. The maximum absolute atomic E-state index is 12.5. The molecular weight excluding hydrogens is 205 g/mol. The summed E-state index contributed by atoms with van der Waals surface area (Å²) in [6.07, 6.45) is -3.01. The van der Waals surface area contributed by atoms with Gasteiger partial charge in [0.05, 0.1) is 0 Å². The number of pyridine rings is 1. The minimum atomic E-state index is -4.45. The fraction of sp³-hybridized carbons (Fsp3) is 0.300. The van der Waals surface area contributed by atoms with Crippen LogP contribution in [0.3, 0.4) is 0 Å². The van der Waals surface area contributed by atoms with E-state index in [0.717, 1.165) is 6.20 Å². The molecule has 0 bridgehead atoms. The van der Waals surface area contributed by atoms with Gasteiger partial charge in [0, 0.05) is 11.8 Å². The first-order chi connectivity index (χ1) is 6.96. The third-order valence-electron chi connectivity index (χ3n) is 1.90. The highest BCUT2D eigenvalue weighted by molar-refractivity contribution is 5.65. The molecule has 1 aromatic heterocycles. The van der Waals surface area contributed by atoms with Crippen molar-refractivity contribution in [3.63, 3.8) is 0 Å². The second-order valence-corrected chi connectivity index (χ2v) is 3.04. The maximum atomic E-state index is 12.5. The molecule has 0 radical (unpaired) electrons. The lowest BCUT2D eigenvalue weighted by Gasteiger charge is -2.12. The zero-order valence-electron chi connectivity index (χ0n) is 8.01. The van der Waals surface area contributed by atoms with E-state index in [4.69, 9.17) is 5.73 Å². The van der Waals surface area contributed by atoms with Crippen molar-refractivity contribution in [2.24, 2.45) is 5.73 Å². The quantitative estimate of drug-likeness (QED) is 0.842. The Balaban J connectivity index is 3.12. The molecule has 0 aromatic carbocycles. The van der Waals surface area contributed by atoms with Gasteiger partial charge in [-0.05, 0) is 24.6 Å². The number of hydrogen-bond donors (Lipinski definition) is 1. The van der Waals surface area contributed by atoms with Gasteiger partial charge in [-0.1, -0.05) is 12.6 Å². The van der Waals surface area contributed by atoms with E-state index in [1.165, 1.54) is 12.1 Å². The smallest absolute Gasteiger partial charge is 0.330 e. The van der Waals surface area contributed by atoms with Crippen molar-refractivity contribution in [1.82, 2.24) is 4.98 Å². The van der Waals surface area contributed by atoms with Crippen molar-refractivity contribution in [3.05, 3.63) is 36.2 Å². The van der Waals surface area contributed by atoms with Crippen LogP contribution in [-0.4, -0.2) is 11.5 Å². The second-order valence-electron chi connectivity index (χ2n) is 3.04. The fourth-order valence-corrected chi connectivity index (χ4v) is 1.23. The van der Waals surface area contributed by atoms with E-state index in [2.05, 4.69) is 11.6 Å². The van der Waals surface area contributed by atoms with E-state index in [9.17, 15) is 13.2 Å². The molecular formula is C10H11F3N2. The molecule has 0 aliphatic carbocycles. The second kappa shape index (κ2) is 4.44. The predicted molar refractivity (Wildman–Crippen MR) is 51.9 cm³/mol. The highest BCUT2D eigenvalue weighted by atomic mass is 19.4. The van der Waals surface area contributed by atoms with Gasteiger partial charge in [0.15, 0.2) is 5.69 Å². The van der Waals surface area contributed by atoms with Crippen molar-refractivity contribution in [2.45, 2.75) is 12.6 Å². The Hall–Kier alpha value is -1.36. The summed E-state index contributed by atoms with van der Waals surface area (Å²) >= 11 is 0. The standard InChI is InChI=1S/C10H11F3N2/c1-7(4-5-14)8-3-2-6-15-9(8)10(11,12)13/h2-3,6H,1,4-5,14H2. The number of rotatable bonds is 3. The van der Waals surface area contributed by atoms with Gasteiger partial charge >= 0.3 is 6.18 Å². The molecule has 0 saturated heterocycles. The van der Waals surface area contributed by atoms with Gasteiger partial charge in [0.1, 0.15) is 0 Å². The number of aromatic nitrogens is 1. The summed E-state index contributed by atoms with van der Waals surface area (Å²) in [6, 6.07) is 2.81. The third kappa shape index (κ3) is 2.79. The van der Waals surface area contributed by atoms with Crippen LogP contribution in [-0.2, 0) is 6.18 Å². The Morgan fingerprint density at radius 1 is 1.47 bits per heavy atom. The fourth-order valence-electron chi connectivity index (χ4n) is 1.23. The zero-order valence-corrected chi connectivity index (χ0v) is 8.01. The molecule has 0 saturated carbocycles. The Labute approximate surface area is 85.6 Å². The van der Waals surface area contributed by atoms with Crippen LogP contribution in [0.1, 0.15) is 17.7 Å². The van der Waals surface area contributed by atoms with Crippen molar-refractivity contribution in [3.8, 4) is 0 Å². The number of nitrogens with two attached hydrogens (primary N) is 1. The number of halogens is 3. The van der Waals surface area contributed by atoms with Crippen LogP contribution in [0.15, 0.2) is 24.9 Å². The summed E-state index contributed by atoms with van der Waals surface area (Å²) < 4.78 is 37.5. The van der Waals surface area contributed by atoms with Gasteiger partial charge in [-0.25, -0.2) is 0 Å². The number of nitrogens with zero attached hydrogens (tertiary/aromatic N) is 1. The monoisotopic (exact) mass is 216 g/mol. The van der Waals surface area contributed by atoms with E-state index < -0.39 is 11.9 Å². The Morgan fingerprint density at radius 3 is 2.67 bits per heavy atom. The summed E-state index contributed by atoms with van der Waals surface area (Å²) in [7, 11) is 0. The van der Waals surface area contributed by atoms with Crippen LogP contribution in [0.4, 0.5) is 13.2 Å². The predicted octanol–water partition coefficient (Wildman–Crippen LogP) is 2.46. The molecule has 1 aromatic rings. The molecule has 0 unspecified atom stereocenters. The van der Waals surface area contributed by atoms with Crippen LogP contribution in [0.5, 0.6) is 0 Å². The summed E-state index contributed by atoms with van der Waals surface area (Å²) in [5.74, 6) is 0. The SMILES string of the molecule is C=C(CCN)c1cccnc1C(F)(F)F. The van der Waals surface area contributed by atoms with Crippen LogP contribution < -0.4 is 5.73 Å². The van der Waals surface area contributed by atoms with E-state index >= 15 is 0 Å². The lowest BCUT2D eigenvalue weighted by Crippen LogP contribution is -2.12. The molecule has 0 atom stereocenters. The lowest BCUT2D eigenvalue weighted by atomic mass is 10.0. The molecule has 0 amide bonds. The molecule has 1 rings (SSSR count). The average Bonchev–Trinajstić information content (AvgIpc) is 2.17. The van der Waals surface area contributed by atoms with Gasteiger partial charge < -0.3 is 5.73 Å². The minimum absolute atomic E-state index is 0.0236. The van der Waals surface area contributed by atoms with E-state index in [0.29, 0.717) is 12.0 Å². The molecule has 15 heavy (non-hydrogen) atoms. The van der Waals surface area contributed by atoms with Crippen LogP contribution >= 0.6 is 0 Å². The van der Waals surface area contributed by atoms with Crippen LogP contribution in [0, 0.1) is 0 Å². The van der Waals surface area contributed by atoms with E-state index in [1.807, 2.05) is 0 Å². The van der Waals surface area contributed by atoms with Crippen molar-refractivity contribution < 1.29 is 13.2 Å². The molecule has 2 N–H and O–H groups in total. The van der Waals surface area contributed by atoms with Crippen LogP contribution in [0.25, 0.3) is 5.57 Å². The molecule has 0 spiro atoms. The Kier molecular flexibility index (Phi) is 3.47. The molecule has 2 nitrogen and oxygen atoms in total. The van der Waals surface area contributed by atoms with Crippen LogP contribution in [0.2, 0.25) is 0 Å². The third-order valence-corrected chi connectivity index (χ3v) is 1.90. The molecule has 0 aliphatic rings. The van der Waals surface area contributed by atoms with Gasteiger partial charge in [0.2, 0.25) is 0 Å². The van der Waals surface area contributed by atoms with E-state index in [-0.39, 0.29) is 12.1 Å². The summed E-state index contributed by atoms with van der Waals surface area (Å²) in [5, 5.41) is 0. The normalized spacial score (nSPS) is 11.5. The first-order valence-electron chi connectivity index (χ1n) is 4.37. The number of alkyl halides is 3. The highest BCUT2D eigenvalue weighted by Crippen LogP contribution is 2.33. The summed E-state index contributed by atoms with van der Waals surface area (Å²) in [5.41, 5.74) is 4.75. The topological polar surface area (TPSA) is 38.9 Å². The minimum Gasteiger partial charge on any atom is -0.330 e. The van der Waals surface area contributed by atoms with Gasteiger partial charge in [-0.15, -0.1) is 0 Å². The zero-order chi connectivity index (χ0) is 11.5. The van der Waals surface area contributed by atoms with Gasteiger partial charge in [-0.2, -0.15) is 13.2 Å². The molecule has 0 fully saturated rings. The summed E-state index contributed by atoms with van der Waals surface area (Å²) in [6.45, 7) is 3.84. The molecule has 82 valence electrons. The van der Waals surface area contributed by atoms with Gasteiger partial charge in [0.25, 0.3) is 0 Å². The van der Waals surface area contributed by atoms with E-state index in [1.54, 1.807) is 0 Å². The first-order valence-corrected chi connectivity index (χ1v) is 4.37. The molecule has 1 heterocycles. The average molecular weight is 216 g/mol. The Bertz CT molecular complexity index is 358. The van der Waals surface area contributed by atoms with Crippen molar-refractivity contribution in [1.29, 1.82) is 0 Å². The van der Waals surface area contributed by atoms with Crippen molar-refractivity contribution >= 4 is 5.57 Å². The largest absolute Gasteiger partial charge is 0.433 e. The number of hydrogen-bond acceptors (Lipinski definition) is 2. The maximum Gasteiger partial charge on any atom is 0.433 e. The van der Waals surface area contributed by atoms with Crippen molar-refractivity contribution in [2.75, 3.05) is 6.54 Å². The summed E-state index contributed by atoms with van der Waals surface area (Å²) in [4.78, 5) is 3.33. The Morgan fingerprint density at radius 2 is 2.13 bits per heavy atom.